The summed E-state index contributed by atoms with van der Waals surface area (Å²) in [5, 5.41) is 0. The number of ether oxygens (including phenoxy) is 3. The van der Waals surface area contributed by atoms with Crippen LogP contribution in [-0.4, -0.2) is 45.8 Å². The van der Waals surface area contributed by atoms with Crippen LogP contribution in [0.1, 0.15) is 88.2 Å². The fourth-order valence-corrected chi connectivity index (χ4v) is 4.30. The standard InChI is InChI=1S/C28H35FN2O8/c1-3-5-8-14-24(32)37-18-22-21(39-25(33)15-9-6-4-2)16-23(38-22)30-17-20(29)27(35)31(28(30)36)26(34)19-12-10-7-11-13-19/h7,10-13,17,21-23H,3-6,8-9,14-16,18H2,1-2H3/t21-,22+,23+/m0/s1. The molecule has 1 aromatic heterocycles. The molecule has 1 aliphatic heterocycles. The van der Waals surface area contributed by atoms with E-state index in [1.807, 2.05) is 13.8 Å². The maximum Gasteiger partial charge on any atom is 0.340 e. The maximum absolute atomic E-state index is 14.7. The lowest BCUT2D eigenvalue weighted by atomic mass is 10.1. The van der Waals surface area contributed by atoms with Gasteiger partial charge < -0.3 is 14.2 Å². The van der Waals surface area contributed by atoms with Gasteiger partial charge in [-0.3, -0.25) is 23.7 Å². The van der Waals surface area contributed by atoms with Gasteiger partial charge in [-0.05, 0) is 25.0 Å². The molecule has 0 saturated carbocycles. The highest BCUT2D eigenvalue weighted by atomic mass is 19.1. The summed E-state index contributed by atoms with van der Waals surface area (Å²) in [6.07, 6.45) is 2.90. The Morgan fingerprint density at radius 3 is 2.26 bits per heavy atom. The Labute approximate surface area is 225 Å². The van der Waals surface area contributed by atoms with Crippen molar-refractivity contribution in [3.05, 3.63) is 68.7 Å². The van der Waals surface area contributed by atoms with Crippen molar-refractivity contribution in [1.82, 2.24) is 9.13 Å². The second-order valence-electron chi connectivity index (χ2n) is 9.47. The van der Waals surface area contributed by atoms with Crippen LogP contribution in [0, 0.1) is 5.82 Å². The van der Waals surface area contributed by atoms with E-state index in [2.05, 4.69) is 0 Å². The van der Waals surface area contributed by atoms with E-state index in [9.17, 15) is 28.4 Å². The van der Waals surface area contributed by atoms with Gasteiger partial charge in [-0.1, -0.05) is 57.7 Å². The number of unbranched alkanes of at least 4 members (excludes halogenated alkanes) is 4. The molecule has 212 valence electrons. The van der Waals surface area contributed by atoms with Gasteiger partial charge in [-0.25, -0.2) is 4.79 Å². The Bertz CT molecular complexity index is 1260. The quantitative estimate of drug-likeness (QED) is 0.275. The molecular formula is C28H35FN2O8. The zero-order chi connectivity index (χ0) is 28.4. The number of halogens is 1. The van der Waals surface area contributed by atoms with Crippen molar-refractivity contribution in [1.29, 1.82) is 0 Å². The maximum atomic E-state index is 14.7. The van der Waals surface area contributed by atoms with Crippen LogP contribution in [-0.2, 0) is 23.8 Å². The van der Waals surface area contributed by atoms with Crippen molar-refractivity contribution in [2.24, 2.45) is 0 Å². The fraction of sp³-hybridized carbons (Fsp3) is 0.536. The van der Waals surface area contributed by atoms with Crippen molar-refractivity contribution in [3.63, 3.8) is 0 Å². The van der Waals surface area contributed by atoms with E-state index >= 15 is 0 Å². The van der Waals surface area contributed by atoms with Crippen LogP contribution in [0.25, 0.3) is 0 Å². The zero-order valence-corrected chi connectivity index (χ0v) is 22.3. The molecule has 1 aliphatic rings. The number of benzene rings is 1. The molecule has 1 aromatic carbocycles. The van der Waals surface area contributed by atoms with Crippen molar-refractivity contribution >= 4 is 17.8 Å². The molecule has 11 heteroatoms. The van der Waals surface area contributed by atoms with Crippen LogP contribution in [0.15, 0.2) is 46.1 Å². The largest absolute Gasteiger partial charge is 0.463 e. The first kappa shape index (κ1) is 29.9. The van der Waals surface area contributed by atoms with Gasteiger partial charge in [0, 0.05) is 24.8 Å². The molecule has 0 unspecified atom stereocenters. The van der Waals surface area contributed by atoms with E-state index in [0.29, 0.717) is 19.0 Å². The minimum atomic E-state index is -1.39. The molecule has 0 N–H and O–H groups in total. The first-order chi connectivity index (χ1) is 18.8. The van der Waals surface area contributed by atoms with Crippen LogP contribution in [0.5, 0.6) is 0 Å². The van der Waals surface area contributed by atoms with E-state index in [1.165, 1.54) is 12.1 Å². The highest BCUT2D eigenvalue weighted by Crippen LogP contribution is 2.31. The molecule has 0 amide bonds. The second-order valence-corrected chi connectivity index (χ2v) is 9.47. The molecule has 2 heterocycles. The molecule has 3 rings (SSSR count). The molecular weight excluding hydrogens is 511 g/mol. The summed E-state index contributed by atoms with van der Waals surface area (Å²) >= 11 is 0. The Morgan fingerprint density at radius 2 is 1.62 bits per heavy atom. The molecule has 39 heavy (non-hydrogen) atoms. The third-order valence-electron chi connectivity index (χ3n) is 6.45. The first-order valence-electron chi connectivity index (χ1n) is 13.4. The van der Waals surface area contributed by atoms with Gasteiger partial charge >= 0.3 is 17.6 Å². The lowest BCUT2D eigenvalue weighted by molar-refractivity contribution is -0.158. The topological polar surface area (TPSA) is 123 Å². The van der Waals surface area contributed by atoms with Gasteiger partial charge in [-0.2, -0.15) is 8.96 Å². The third kappa shape index (κ3) is 7.95. The van der Waals surface area contributed by atoms with Crippen LogP contribution in [0.2, 0.25) is 0 Å². The summed E-state index contributed by atoms with van der Waals surface area (Å²) in [5.41, 5.74) is -2.47. The van der Waals surface area contributed by atoms with E-state index in [-0.39, 0.29) is 36.0 Å². The van der Waals surface area contributed by atoms with E-state index in [4.69, 9.17) is 14.2 Å². The predicted molar refractivity (Wildman–Crippen MR) is 139 cm³/mol. The minimum absolute atomic E-state index is 0.0212. The third-order valence-corrected chi connectivity index (χ3v) is 6.45. The SMILES string of the molecule is CCCCCC(=O)OC[C@H]1O[C@@H](n2cc(F)c(=O)n(C(=O)c3ccccc3)c2=O)C[C@@H]1OC(=O)CCCCC. The van der Waals surface area contributed by atoms with E-state index in [0.717, 1.165) is 30.3 Å². The van der Waals surface area contributed by atoms with Gasteiger partial charge in [0.1, 0.15) is 25.0 Å². The summed E-state index contributed by atoms with van der Waals surface area (Å²) < 4.78 is 32.5. The highest BCUT2D eigenvalue weighted by molar-refractivity contribution is 5.95. The lowest BCUT2D eigenvalue weighted by Gasteiger charge is -2.19. The van der Waals surface area contributed by atoms with Crippen LogP contribution < -0.4 is 11.2 Å². The lowest BCUT2D eigenvalue weighted by Crippen LogP contribution is -2.46. The summed E-state index contributed by atoms with van der Waals surface area (Å²) in [6, 6.07) is 7.53. The summed E-state index contributed by atoms with van der Waals surface area (Å²) in [7, 11) is 0. The average Bonchev–Trinajstić information content (AvgIpc) is 3.32. The molecule has 0 aliphatic carbocycles. The van der Waals surface area contributed by atoms with Crippen molar-refractivity contribution in [2.45, 2.75) is 90.1 Å². The van der Waals surface area contributed by atoms with E-state index < -0.39 is 53.3 Å². The first-order valence-corrected chi connectivity index (χ1v) is 13.4. The Morgan fingerprint density at radius 1 is 0.974 bits per heavy atom. The van der Waals surface area contributed by atoms with Crippen LogP contribution >= 0.6 is 0 Å². The molecule has 1 saturated heterocycles. The normalized spacial score (nSPS) is 18.6. The van der Waals surface area contributed by atoms with E-state index in [1.54, 1.807) is 18.2 Å². The van der Waals surface area contributed by atoms with Crippen LogP contribution in [0.3, 0.4) is 0 Å². The summed E-state index contributed by atoms with van der Waals surface area (Å²) in [5.74, 6) is -3.23. The number of nitrogens with zero attached hydrogens (tertiary/aromatic N) is 2. The number of hydrogen-bond donors (Lipinski definition) is 0. The minimum Gasteiger partial charge on any atom is -0.463 e. The van der Waals surface area contributed by atoms with Gasteiger partial charge in [0.05, 0.1) is 6.20 Å². The Kier molecular flexibility index (Phi) is 11.2. The molecule has 0 radical (unpaired) electrons. The molecule has 10 nitrogen and oxygen atoms in total. The second kappa shape index (κ2) is 14.5. The molecule has 3 atom stereocenters. The number of carbonyl (C=O) groups is 3. The van der Waals surface area contributed by atoms with Gasteiger partial charge in [-0.15, -0.1) is 0 Å². The van der Waals surface area contributed by atoms with Crippen LogP contribution in [0.4, 0.5) is 4.39 Å². The Balaban J connectivity index is 1.84. The molecule has 0 bridgehead atoms. The van der Waals surface area contributed by atoms with Crippen molar-refractivity contribution in [2.75, 3.05) is 6.61 Å². The van der Waals surface area contributed by atoms with Gasteiger partial charge in [0.25, 0.3) is 11.5 Å². The highest BCUT2D eigenvalue weighted by Gasteiger charge is 2.41. The number of carbonyl (C=O) groups excluding carboxylic acids is 3. The summed E-state index contributed by atoms with van der Waals surface area (Å²) in [4.78, 5) is 63.2. The number of esters is 2. The number of hydrogen-bond acceptors (Lipinski definition) is 8. The van der Waals surface area contributed by atoms with Gasteiger partial charge in [0.15, 0.2) is 0 Å². The number of aromatic nitrogens is 2. The predicted octanol–water partition coefficient (Wildman–Crippen LogP) is 3.74. The number of rotatable bonds is 13. The van der Waals surface area contributed by atoms with Gasteiger partial charge in [0.2, 0.25) is 5.82 Å². The Hall–Kier alpha value is -3.60. The zero-order valence-electron chi connectivity index (χ0n) is 22.3. The summed E-state index contributed by atoms with van der Waals surface area (Å²) in [6.45, 7) is 3.78. The molecule has 0 spiro atoms. The average molecular weight is 547 g/mol. The van der Waals surface area contributed by atoms with Crippen molar-refractivity contribution in [3.8, 4) is 0 Å². The molecule has 1 fully saturated rings. The molecule has 2 aromatic rings. The smallest absolute Gasteiger partial charge is 0.340 e. The fourth-order valence-electron chi connectivity index (χ4n) is 4.30. The van der Waals surface area contributed by atoms with Crippen molar-refractivity contribution < 1.29 is 33.0 Å². The monoisotopic (exact) mass is 546 g/mol.